The van der Waals surface area contributed by atoms with Gasteiger partial charge in [0.05, 0.1) is 10.6 Å². The molecule has 0 bridgehead atoms. The van der Waals surface area contributed by atoms with Crippen LogP contribution in [0.4, 0.5) is 11.4 Å². The highest BCUT2D eigenvalue weighted by Crippen LogP contribution is 2.31. The van der Waals surface area contributed by atoms with Crippen molar-refractivity contribution in [1.82, 2.24) is 9.21 Å². The number of carbonyl (C=O) groups is 1. The molecule has 1 aliphatic heterocycles. The minimum Gasteiger partial charge on any atom is -0.380 e. The van der Waals surface area contributed by atoms with Crippen molar-refractivity contribution in [1.29, 1.82) is 0 Å². The van der Waals surface area contributed by atoms with Crippen molar-refractivity contribution < 1.29 is 18.1 Å². The van der Waals surface area contributed by atoms with Gasteiger partial charge in [-0.05, 0) is 50.5 Å². The second kappa shape index (κ2) is 10.1. The Hall–Kier alpha value is -2.98. The van der Waals surface area contributed by atoms with Crippen LogP contribution in [-0.2, 0) is 16.6 Å². The van der Waals surface area contributed by atoms with Gasteiger partial charge >= 0.3 is 0 Å². The highest BCUT2D eigenvalue weighted by atomic mass is 32.2. The quantitative estimate of drug-likeness (QED) is 0.453. The zero-order chi connectivity index (χ0) is 23.3. The third-order valence-corrected chi connectivity index (χ3v) is 7.53. The Kier molecular flexibility index (Phi) is 7.47. The summed E-state index contributed by atoms with van der Waals surface area (Å²) in [5.74, 6) is -0.0381. The molecule has 0 saturated carbocycles. The largest absolute Gasteiger partial charge is 0.380 e. The molecular weight excluding hydrogens is 432 g/mol. The number of nitrogens with one attached hydrogen (secondary N) is 1. The second-order valence-electron chi connectivity index (χ2n) is 7.58. The number of anilines is 1. The van der Waals surface area contributed by atoms with E-state index in [1.807, 2.05) is 26.0 Å². The smallest absolute Gasteiger partial charge is 0.270 e. The minimum atomic E-state index is -3.85. The van der Waals surface area contributed by atoms with Crippen molar-refractivity contribution >= 4 is 27.3 Å². The van der Waals surface area contributed by atoms with Gasteiger partial charge in [-0.25, -0.2) is 8.42 Å². The van der Waals surface area contributed by atoms with Crippen LogP contribution < -0.4 is 5.32 Å². The maximum atomic E-state index is 13.1. The summed E-state index contributed by atoms with van der Waals surface area (Å²) in [6.07, 6.45) is 1.55. The first kappa shape index (κ1) is 23.7. The maximum absolute atomic E-state index is 13.1. The third kappa shape index (κ3) is 5.08. The molecule has 172 valence electrons. The van der Waals surface area contributed by atoms with E-state index in [0.717, 1.165) is 24.5 Å². The van der Waals surface area contributed by atoms with Gasteiger partial charge in [-0.2, -0.15) is 4.31 Å². The summed E-state index contributed by atoms with van der Waals surface area (Å²) < 4.78 is 27.6. The lowest BCUT2D eigenvalue weighted by atomic mass is 10.1. The molecule has 1 saturated heterocycles. The summed E-state index contributed by atoms with van der Waals surface area (Å²) >= 11 is 0. The number of non-ortho nitro benzene ring substituents is 1. The van der Waals surface area contributed by atoms with E-state index in [-0.39, 0.29) is 16.5 Å². The number of rotatable bonds is 9. The highest BCUT2D eigenvalue weighted by molar-refractivity contribution is 7.89. The van der Waals surface area contributed by atoms with Crippen LogP contribution in [0.3, 0.4) is 0 Å². The molecule has 0 aliphatic carbocycles. The summed E-state index contributed by atoms with van der Waals surface area (Å²) in [7, 11) is -3.85. The van der Waals surface area contributed by atoms with E-state index < -0.39 is 14.9 Å². The zero-order valence-electron chi connectivity index (χ0n) is 18.3. The summed E-state index contributed by atoms with van der Waals surface area (Å²) in [6.45, 7) is 6.24. The summed E-state index contributed by atoms with van der Waals surface area (Å²) in [6, 6.07) is 10.9. The fourth-order valence-corrected chi connectivity index (χ4v) is 5.41. The lowest BCUT2D eigenvalue weighted by Crippen LogP contribution is -2.30. The standard InChI is InChI=1S/C22H28N4O5S/c1-3-24(4-2)22(27)18-9-7-17(8-10-18)16-23-20-12-11-19(26(28)29)15-21(20)32(30,31)25-13-5-6-14-25/h7-12,15,23H,3-6,13-14,16H2,1-2H3. The van der Waals surface area contributed by atoms with Crippen LogP contribution in [0, 0.1) is 10.1 Å². The SMILES string of the molecule is CCN(CC)C(=O)c1ccc(CNc2ccc([N+](=O)[O-])cc2S(=O)(=O)N2CCCC2)cc1. The molecule has 0 aromatic heterocycles. The molecule has 2 aromatic carbocycles. The van der Waals surface area contributed by atoms with Gasteiger partial charge in [0.15, 0.2) is 0 Å². The van der Waals surface area contributed by atoms with E-state index in [1.165, 1.54) is 16.4 Å². The maximum Gasteiger partial charge on any atom is 0.270 e. The topological polar surface area (TPSA) is 113 Å². The van der Waals surface area contributed by atoms with Crippen molar-refractivity contribution in [2.24, 2.45) is 0 Å². The number of nitro benzene ring substituents is 1. The van der Waals surface area contributed by atoms with Gasteiger partial charge < -0.3 is 10.2 Å². The van der Waals surface area contributed by atoms with Crippen molar-refractivity contribution in [3.8, 4) is 0 Å². The number of nitrogens with zero attached hydrogens (tertiary/aromatic N) is 3. The van der Waals surface area contributed by atoms with E-state index >= 15 is 0 Å². The van der Waals surface area contributed by atoms with Crippen molar-refractivity contribution in [3.63, 3.8) is 0 Å². The van der Waals surface area contributed by atoms with Crippen LogP contribution in [0.5, 0.6) is 0 Å². The summed E-state index contributed by atoms with van der Waals surface area (Å²) in [5, 5.41) is 14.3. The minimum absolute atomic E-state index is 0.0381. The molecule has 1 N–H and O–H groups in total. The van der Waals surface area contributed by atoms with Gasteiger partial charge in [-0.3, -0.25) is 14.9 Å². The summed E-state index contributed by atoms with van der Waals surface area (Å²) in [5.41, 5.74) is 1.48. The Bertz CT molecular complexity index is 1080. The fraction of sp³-hybridized carbons (Fsp3) is 0.409. The molecule has 1 aliphatic rings. The Morgan fingerprint density at radius 2 is 1.72 bits per heavy atom. The van der Waals surface area contributed by atoms with Crippen LogP contribution in [0.1, 0.15) is 42.6 Å². The molecule has 32 heavy (non-hydrogen) atoms. The van der Waals surface area contributed by atoms with E-state index in [1.54, 1.807) is 17.0 Å². The average molecular weight is 461 g/mol. The Labute approximate surface area is 188 Å². The predicted octanol–water partition coefficient (Wildman–Crippen LogP) is 3.47. The van der Waals surface area contributed by atoms with E-state index in [4.69, 9.17) is 0 Å². The van der Waals surface area contributed by atoms with Crippen LogP contribution in [0.15, 0.2) is 47.4 Å². The number of hydrogen-bond donors (Lipinski definition) is 1. The first-order chi connectivity index (χ1) is 15.3. The number of hydrogen-bond acceptors (Lipinski definition) is 6. The van der Waals surface area contributed by atoms with Crippen LogP contribution in [0.25, 0.3) is 0 Å². The molecule has 0 spiro atoms. The normalized spacial score (nSPS) is 14.3. The lowest BCUT2D eigenvalue weighted by Gasteiger charge is -2.19. The average Bonchev–Trinajstić information content (AvgIpc) is 3.34. The molecule has 9 nitrogen and oxygen atoms in total. The molecule has 0 unspecified atom stereocenters. The van der Waals surface area contributed by atoms with Crippen LogP contribution in [0.2, 0.25) is 0 Å². The van der Waals surface area contributed by atoms with Crippen LogP contribution in [-0.4, -0.2) is 54.6 Å². The fourth-order valence-electron chi connectivity index (χ4n) is 3.71. The molecule has 1 fully saturated rings. The van der Waals surface area contributed by atoms with Gasteiger partial charge in [0.2, 0.25) is 10.0 Å². The first-order valence-corrected chi connectivity index (χ1v) is 12.1. The van der Waals surface area contributed by atoms with E-state index in [2.05, 4.69) is 5.32 Å². The first-order valence-electron chi connectivity index (χ1n) is 10.7. The zero-order valence-corrected chi connectivity index (χ0v) is 19.1. The Balaban J connectivity index is 1.81. The van der Waals surface area contributed by atoms with Gasteiger partial charge in [0, 0.05) is 50.4 Å². The Morgan fingerprint density at radius 1 is 1.09 bits per heavy atom. The molecular formula is C22H28N4O5S. The molecule has 0 atom stereocenters. The monoisotopic (exact) mass is 460 g/mol. The molecule has 2 aromatic rings. The molecule has 0 radical (unpaired) electrons. The second-order valence-corrected chi connectivity index (χ2v) is 9.48. The van der Waals surface area contributed by atoms with E-state index in [9.17, 15) is 23.3 Å². The highest BCUT2D eigenvalue weighted by Gasteiger charge is 2.31. The summed E-state index contributed by atoms with van der Waals surface area (Å²) in [4.78, 5) is 24.7. The van der Waals surface area contributed by atoms with Gasteiger partial charge in [0.1, 0.15) is 4.90 Å². The number of benzene rings is 2. The molecule has 3 rings (SSSR count). The van der Waals surface area contributed by atoms with Crippen molar-refractivity contribution in [2.45, 2.75) is 38.1 Å². The predicted molar refractivity (Wildman–Crippen MR) is 122 cm³/mol. The van der Waals surface area contributed by atoms with Crippen molar-refractivity contribution in [3.05, 3.63) is 63.7 Å². The van der Waals surface area contributed by atoms with E-state index in [0.29, 0.717) is 44.0 Å². The van der Waals surface area contributed by atoms with Gasteiger partial charge in [0.25, 0.3) is 11.6 Å². The van der Waals surface area contributed by atoms with Crippen LogP contribution >= 0.6 is 0 Å². The number of nitro groups is 1. The van der Waals surface area contributed by atoms with Gasteiger partial charge in [-0.1, -0.05) is 12.1 Å². The molecule has 1 amide bonds. The molecule has 1 heterocycles. The Morgan fingerprint density at radius 3 is 2.28 bits per heavy atom. The van der Waals surface area contributed by atoms with Crippen molar-refractivity contribution in [2.75, 3.05) is 31.5 Å². The molecule has 10 heteroatoms. The number of amides is 1. The van der Waals surface area contributed by atoms with Gasteiger partial charge in [-0.15, -0.1) is 0 Å². The number of sulfonamides is 1. The third-order valence-electron chi connectivity index (χ3n) is 5.59. The number of carbonyl (C=O) groups excluding carboxylic acids is 1. The lowest BCUT2D eigenvalue weighted by molar-refractivity contribution is -0.385.